The molecule has 1 aromatic carbocycles. The Bertz CT molecular complexity index is 857. The molecule has 0 saturated carbocycles. The Kier molecular flexibility index (Phi) is 6.99. The molecule has 170 valence electrons. The van der Waals surface area contributed by atoms with Crippen LogP contribution in [0.2, 0.25) is 0 Å². The van der Waals surface area contributed by atoms with Gasteiger partial charge in [0.05, 0.1) is 13.7 Å². The molecule has 0 radical (unpaired) electrons. The number of piperazine rings is 1. The van der Waals surface area contributed by atoms with Gasteiger partial charge in [0.2, 0.25) is 11.7 Å². The van der Waals surface area contributed by atoms with E-state index in [1.54, 1.807) is 12.1 Å². The molecule has 1 atom stereocenters. The summed E-state index contributed by atoms with van der Waals surface area (Å²) in [6.07, 6.45) is 1.15. The summed E-state index contributed by atoms with van der Waals surface area (Å²) in [5.74, 6) is 1.09. The summed E-state index contributed by atoms with van der Waals surface area (Å²) in [5.41, 5.74) is 0.613. The van der Waals surface area contributed by atoms with Gasteiger partial charge in [0.1, 0.15) is 0 Å². The minimum absolute atomic E-state index is 0.0344. The predicted molar refractivity (Wildman–Crippen MR) is 110 cm³/mol. The van der Waals surface area contributed by atoms with Gasteiger partial charge in [-0.3, -0.25) is 9.80 Å². The highest BCUT2D eigenvalue weighted by Gasteiger charge is 2.30. The van der Waals surface area contributed by atoms with Crippen LogP contribution in [-0.2, 0) is 6.54 Å². The second kappa shape index (κ2) is 9.88. The van der Waals surface area contributed by atoms with Crippen LogP contribution in [0, 0.1) is 0 Å². The number of ether oxygens (including phenoxy) is 2. The highest BCUT2D eigenvalue weighted by Crippen LogP contribution is 2.32. The lowest BCUT2D eigenvalue weighted by atomic mass is 10.2. The van der Waals surface area contributed by atoms with Crippen LogP contribution in [-0.4, -0.2) is 90.4 Å². The van der Waals surface area contributed by atoms with Gasteiger partial charge < -0.3 is 18.9 Å². The zero-order chi connectivity index (χ0) is 21.8. The Hall–Kier alpha value is -2.30. The molecule has 0 spiro atoms. The molecule has 2 aromatic rings. The number of nitrogens with zero attached hydrogens (tertiary/aromatic N) is 5. The summed E-state index contributed by atoms with van der Waals surface area (Å²) < 4.78 is 40.1. The Morgan fingerprint density at radius 3 is 2.65 bits per heavy atom. The van der Waals surface area contributed by atoms with E-state index in [1.165, 1.54) is 13.2 Å². The van der Waals surface area contributed by atoms with Gasteiger partial charge >= 0.3 is 6.61 Å². The van der Waals surface area contributed by atoms with Crippen molar-refractivity contribution in [3.63, 3.8) is 0 Å². The van der Waals surface area contributed by atoms with E-state index < -0.39 is 6.61 Å². The number of alkyl halides is 2. The highest BCUT2D eigenvalue weighted by molar-refractivity contribution is 5.60. The Morgan fingerprint density at radius 1 is 1.13 bits per heavy atom. The Morgan fingerprint density at radius 2 is 1.94 bits per heavy atom. The maximum absolute atomic E-state index is 12.5. The number of likely N-dealkylation sites (tertiary alicyclic amines) is 1. The average molecular weight is 437 g/mol. The molecule has 4 rings (SSSR count). The van der Waals surface area contributed by atoms with Crippen molar-refractivity contribution in [2.24, 2.45) is 0 Å². The third kappa shape index (κ3) is 5.31. The maximum atomic E-state index is 12.5. The molecule has 0 amide bonds. The SMILES string of the molecule is CCN1CCN([C@H]2CCN(Cc3nc(-c4ccc(OC(F)F)c(OC)c4)no3)C2)CC1. The second-order valence-electron chi connectivity index (χ2n) is 7.90. The first-order valence-electron chi connectivity index (χ1n) is 10.7. The van der Waals surface area contributed by atoms with Crippen molar-refractivity contribution in [1.29, 1.82) is 0 Å². The number of halogens is 2. The van der Waals surface area contributed by atoms with Crippen molar-refractivity contribution >= 4 is 0 Å². The van der Waals surface area contributed by atoms with Gasteiger partial charge in [0.25, 0.3) is 0 Å². The first-order chi connectivity index (χ1) is 15.1. The van der Waals surface area contributed by atoms with Gasteiger partial charge in [-0.2, -0.15) is 13.8 Å². The molecule has 2 aliphatic rings. The molecule has 3 heterocycles. The molecule has 0 N–H and O–H groups in total. The normalized spacial score (nSPS) is 21.1. The molecule has 10 heteroatoms. The fourth-order valence-electron chi connectivity index (χ4n) is 4.33. The van der Waals surface area contributed by atoms with E-state index in [-0.39, 0.29) is 11.5 Å². The van der Waals surface area contributed by atoms with E-state index >= 15 is 0 Å². The minimum atomic E-state index is -2.92. The first kappa shape index (κ1) is 21.9. The molecule has 0 aliphatic carbocycles. The molecule has 31 heavy (non-hydrogen) atoms. The van der Waals surface area contributed by atoms with E-state index in [2.05, 4.69) is 36.5 Å². The van der Waals surface area contributed by atoms with Gasteiger partial charge in [-0.15, -0.1) is 0 Å². The zero-order valence-electron chi connectivity index (χ0n) is 18.0. The summed E-state index contributed by atoms with van der Waals surface area (Å²) in [6.45, 7) is 7.56. The van der Waals surface area contributed by atoms with E-state index in [1.807, 2.05) is 0 Å². The predicted octanol–water partition coefficient (Wildman–Crippen LogP) is 2.56. The smallest absolute Gasteiger partial charge is 0.387 e. The molecule has 2 aliphatic heterocycles. The van der Waals surface area contributed by atoms with Gasteiger partial charge in [-0.25, -0.2) is 0 Å². The lowest BCUT2D eigenvalue weighted by Gasteiger charge is -2.37. The molecule has 0 bridgehead atoms. The van der Waals surface area contributed by atoms with E-state index in [4.69, 9.17) is 9.26 Å². The number of benzene rings is 1. The summed E-state index contributed by atoms with van der Waals surface area (Å²) >= 11 is 0. The van der Waals surface area contributed by atoms with E-state index in [0.717, 1.165) is 52.2 Å². The van der Waals surface area contributed by atoms with Gasteiger partial charge in [-0.05, 0) is 31.2 Å². The van der Waals surface area contributed by atoms with Crippen molar-refractivity contribution in [2.45, 2.75) is 32.5 Å². The molecule has 8 nitrogen and oxygen atoms in total. The summed E-state index contributed by atoms with van der Waals surface area (Å²) in [6, 6.07) is 5.16. The van der Waals surface area contributed by atoms with Crippen molar-refractivity contribution in [3.05, 3.63) is 24.1 Å². The molecular weight excluding hydrogens is 408 g/mol. The summed E-state index contributed by atoms with van der Waals surface area (Å²) in [5, 5.41) is 4.05. The van der Waals surface area contributed by atoms with E-state index in [9.17, 15) is 8.78 Å². The standard InChI is InChI=1S/C21H29F2N5O3/c1-3-26-8-10-28(11-9-26)16-6-7-27(13-16)14-19-24-20(25-31-19)15-4-5-17(30-21(22)23)18(12-15)29-2/h4-5,12,16,21H,3,6-11,13-14H2,1-2H3/t16-/m0/s1. The minimum Gasteiger partial charge on any atom is -0.493 e. The number of likely N-dealkylation sites (N-methyl/N-ethyl adjacent to an activating group) is 1. The number of methoxy groups -OCH3 is 1. The topological polar surface area (TPSA) is 67.1 Å². The lowest BCUT2D eigenvalue weighted by molar-refractivity contribution is -0.0512. The number of hydrogen-bond acceptors (Lipinski definition) is 8. The lowest BCUT2D eigenvalue weighted by Crippen LogP contribution is -2.50. The van der Waals surface area contributed by atoms with Crippen molar-refractivity contribution in [1.82, 2.24) is 24.8 Å². The molecule has 0 unspecified atom stereocenters. The van der Waals surface area contributed by atoms with E-state index in [0.29, 0.717) is 29.9 Å². The quantitative estimate of drug-likeness (QED) is 0.624. The largest absolute Gasteiger partial charge is 0.493 e. The first-order valence-corrected chi connectivity index (χ1v) is 10.7. The van der Waals surface area contributed by atoms with Crippen LogP contribution in [0.5, 0.6) is 11.5 Å². The van der Waals surface area contributed by atoms with Crippen LogP contribution in [0.1, 0.15) is 19.2 Å². The summed E-state index contributed by atoms with van der Waals surface area (Å²) in [7, 11) is 1.39. The molecule has 1 aromatic heterocycles. The fraction of sp³-hybridized carbons (Fsp3) is 0.619. The monoisotopic (exact) mass is 437 g/mol. The molecule has 2 saturated heterocycles. The van der Waals surface area contributed by atoms with Crippen molar-refractivity contribution in [2.75, 3.05) is 52.9 Å². The second-order valence-corrected chi connectivity index (χ2v) is 7.90. The Balaban J connectivity index is 1.34. The zero-order valence-corrected chi connectivity index (χ0v) is 18.0. The Labute approximate surface area is 180 Å². The van der Waals surface area contributed by atoms with Crippen molar-refractivity contribution in [3.8, 4) is 22.9 Å². The maximum Gasteiger partial charge on any atom is 0.387 e. The van der Waals surface area contributed by atoms with Gasteiger partial charge in [0.15, 0.2) is 11.5 Å². The highest BCUT2D eigenvalue weighted by atomic mass is 19.3. The van der Waals surface area contributed by atoms with Crippen LogP contribution in [0.4, 0.5) is 8.78 Å². The van der Waals surface area contributed by atoms with Gasteiger partial charge in [-0.1, -0.05) is 12.1 Å². The number of hydrogen-bond donors (Lipinski definition) is 0. The fourth-order valence-corrected chi connectivity index (χ4v) is 4.33. The van der Waals surface area contributed by atoms with Gasteiger partial charge in [0, 0.05) is 50.9 Å². The average Bonchev–Trinajstić information content (AvgIpc) is 3.44. The van der Waals surface area contributed by atoms with Crippen LogP contribution >= 0.6 is 0 Å². The third-order valence-corrected chi connectivity index (χ3v) is 6.08. The van der Waals surface area contributed by atoms with Crippen LogP contribution < -0.4 is 9.47 Å². The third-order valence-electron chi connectivity index (χ3n) is 6.08. The van der Waals surface area contributed by atoms with Crippen LogP contribution in [0.25, 0.3) is 11.4 Å². The molecule has 2 fully saturated rings. The van der Waals surface area contributed by atoms with Crippen LogP contribution in [0.3, 0.4) is 0 Å². The van der Waals surface area contributed by atoms with Crippen molar-refractivity contribution < 1.29 is 22.8 Å². The molecular formula is C21H29F2N5O3. The summed E-state index contributed by atoms with van der Waals surface area (Å²) in [4.78, 5) is 11.9. The van der Waals surface area contributed by atoms with Crippen LogP contribution in [0.15, 0.2) is 22.7 Å². The number of aromatic nitrogens is 2. The number of rotatable bonds is 8.